The number of benzene rings is 2. The van der Waals surface area contributed by atoms with E-state index in [9.17, 15) is 14.7 Å². The number of ketones is 1. The van der Waals surface area contributed by atoms with E-state index in [1.807, 2.05) is 13.0 Å². The van der Waals surface area contributed by atoms with E-state index in [4.69, 9.17) is 9.47 Å². The molecule has 1 amide bonds. The maximum atomic E-state index is 12.9. The van der Waals surface area contributed by atoms with Crippen LogP contribution in [0.4, 0.5) is 0 Å². The summed E-state index contributed by atoms with van der Waals surface area (Å²) in [4.78, 5) is 27.2. The molecule has 1 atom stereocenters. The Morgan fingerprint density at radius 3 is 2.34 bits per heavy atom. The summed E-state index contributed by atoms with van der Waals surface area (Å²) in [5.74, 6) is -0.420. The van der Waals surface area contributed by atoms with Crippen LogP contribution in [-0.2, 0) is 9.59 Å². The van der Waals surface area contributed by atoms with Gasteiger partial charge in [0.2, 0.25) is 0 Å². The first-order chi connectivity index (χ1) is 14.0. The van der Waals surface area contributed by atoms with Gasteiger partial charge in [-0.05, 0) is 24.1 Å². The van der Waals surface area contributed by atoms with Gasteiger partial charge in [0.1, 0.15) is 5.76 Å². The van der Waals surface area contributed by atoms with Crippen molar-refractivity contribution in [3.05, 3.63) is 65.2 Å². The number of rotatable bonds is 7. The van der Waals surface area contributed by atoms with Crippen LogP contribution in [0.1, 0.15) is 36.9 Å². The standard InChI is InChI=1S/C23H25NO5/c1-4-5-13-24-20(16-11-12-17(28-2)18(14-16)29-3)19(22(26)23(24)27)21(25)15-9-7-6-8-10-15/h6-12,14,20,25H,4-5,13H2,1-3H3. The van der Waals surface area contributed by atoms with Gasteiger partial charge in [0, 0.05) is 12.1 Å². The molecule has 0 aliphatic carbocycles. The van der Waals surface area contributed by atoms with Gasteiger partial charge in [-0.15, -0.1) is 0 Å². The maximum Gasteiger partial charge on any atom is 0.295 e. The zero-order valence-corrected chi connectivity index (χ0v) is 16.8. The molecule has 0 radical (unpaired) electrons. The third-order valence-electron chi connectivity index (χ3n) is 5.06. The van der Waals surface area contributed by atoms with Crippen molar-refractivity contribution in [2.75, 3.05) is 20.8 Å². The fourth-order valence-electron chi connectivity index (χ4n) is 3.56. The lowest BCUT2D eigenvalue weighted by molar-refractivity contribution is -0.139. The van der Waals surface area contributed by atoms with Crippen LogP contribution in [-0.4, -0.2) is 42.5 Å². The molecule has 1 saturated heterocycles. The molecular formula is C23H25NO5. The second-order valence-corrected chi connectivity index (χ2v) is 6.83. The number of ether oxygens (including phenoxy) is 2. The molecule has 2 aromatic rings. The molecule has 1 aliphatic rings. The SMILES string of the molecule is CCCCN1C(=O)C(=O)C(=C(O)c2ccccc2)C1c1ccc(OC)c(OC)c1. The van der Waals surface area contributed by atoms with Crippen LogP contribution in [0.15, 0.2) is 54.1 Å². The molecule has 29 heavy (non-hydrogen) atoms. The molecule has 1 unspecified atom stereocenters. The molecule has 1 heterocycles. The Kier molecular flexibility index (Phi) is 6.22. The van der Waals surface area contributed by atoms with Gasteiger partial charge in [-0.1, -0.05) is 49.7 Å². The minimum absolute atomic E-state index is 0.0875. The second-order valence-electron chi connectivity index (χ2n) is 6.83. The summed E-state index contributed by atoms with van der Waals surface area (Å²) in [7, 11) is 3.07. The van der Waals surface area contributed by atoms with Crippen LogP contribution in [0.3, 0.4) is 0 Å². The molecule has 0 aromatic heterocycles. The molecule has 0 bridgehead atoms. The van der Waals surface area contributed by atoms with Crippen molar-refractivity contribution in [3.63, 3.8) is 0 Å². The van der Waals surface area contributed by atoms with E-state index >= 15 is 0 Å². The lowest BCUT2D eigenvalue weighted by Crippen LogP contribution is -2.30. The smallest absolute Gasteiger partial charge is 0.295 e. The van der Waals surface area contributed by atoms with Gasteiger partial charge in [-0.3, -0.25) is 9.59 Å². The molecule has 1 fully saturated rings. The number of unbranched alkanes of at least 4 members (excludes halogenated alkanes) is 1. The molecule has 2 aromatic carbocycles. The van der Waals surface area contributed by atoms with E-state index in [0.29, 0.717) is 29.2 Å². The van der Waals surface area contributed by atoms with Crippen molar-refractivity contribution in [2.45, 2.75) is 25.8 Å². The molecule has 0 spiro atoms. The second kappa shape index (κ2) is 8.82. The van der Waals surface area contributed by atoms with E-state index in [1.54, 1.807) is 49.6 Å². The Bertz CT molecular complexity index is 936. The number of aliphatic hydroxyl groups excluding tert-OH is 1. The number of hydrogen-bond acceptors (Lipinski definition) is 5. The molecule has 6 nitrogen and oxygen atoms in total. The third kappa shape index (κ3) is 3.83. The van der Waals surface area contributed by atoms with E-state index < -0.39 is 17.7 Å². The lowest BCUT2D eigenvalue weighted by Gasteiger charge is -2.25. The highest BCUT2D eigenvalue weighted by Gasteiger charge is 2.45. The van der Waals surface area contributed by atoms with Crippen molar-refractivity contribution in [3.8, 4) is 11.5 Å². The van der Waals surface area contributed by atoms with Crippen molar-refractivity contribution in [1.82, 2.24) is 4.90 Å². The zero-order valence-electron chi connectivity index (χ0n) is 16.8. The molecular weight excluding hydrogens is 370 g/mol. The van der Waals surface area contributed by atoms with Gasteiger partial charge in [0.15, 0.2) is 11.5 Å². The number of methoxy groups -OCH3 is 2. The molecule has 0 saturated carbocycles. The minimum Gasteiger partial charge on any atom is -0.507 e. The maximum absolute atomic E-state index is 12.9. The van der Waals surface area contributed by atoms with Gasteiger partial charge in [0.05, 0.1) is 25.8 Å². The summed E-state index contributed by atoms with van der Waals surface area (Å²) in [6.45, 7) is 2.44. The molecule has 1 N–H and O–H groups in total. The average molecular weight is 395 g/mol. The first-order valence-corrected chi connectivity index (χ1v) is 9.59. The first kappa shape index (κ1) is 20.5. The summed E-state index contributed by atoms with van der Waals surface area (Å²) in [5, 5.41) is 10.9. The van der Waals surface area contributed by atoms with Gasteiger partial charge in [-0.25, -0.2) is 0 Å². The van der Waals surface area contributed by atoms with Crippen molar-refractivity contribution >= 4 is 17.4 Å². The molecule has 3 rings (SSSR count). The quantitative estimate of drug-likeness (QED) is 0.437. The number of aliphatic hydroxyl groups is 1. The van der Waals surface area contributed by atoms with Crippen LogP contribution in [0.2, 0.25) is 0 Å². The number of carbonyl (C=O) groups is 2. The number of hydrogen-bond donors (Lipinski definition) is 1. The number of amides is 1. The largest absolute Gasteiger partial charge is 0.507 e. The normalized spacial score (nSPS) is 18.2. The molecule has 6 heteroatoms. The van der Waals surface area contributed by atoms with E-state index in [1.165, 1.54) is 12.0 Å². The average Bonchev–Trinajstić information content (AvgIpc) is 3.01. The highest BCUT2D eigenvalue weighted by Crippen LogP contribution is 2.42. The van der Waals surface area contributed by atoms with Crippen LogP contribution in [0, 0.1) is 0 Å². The zero-order chi connectivity index (χ0) is 21.0. The summed E-state index contributed by atoms with van der Waals surface area (Å²) in [6, 6.07) is 13.4. The number of Topliss-reactive ketones (excluding diaryl/α,β-unsaturated/α-hetero) is 1. The Morgan fingerprint density at radius 1 is 1.03 bits per heavy atom. The fraction of sp³-hybridized carbons (Fsp3) is 0.304. The van der Waals surface area contributed by atoms with Gasteiger partial charge < -0.3 is 19.5 Å². The predicted octanol–water partition coefficient (Wildman–Crippen LogP) is 3.93. The van der Waals surface area contributed by atoms with E-state index in [2.05, 4.69) is 0 Å². The summed E-state index contributed by atoms with van der Waals surface area (Å²) >= 11 is 0. The Hall–Kier alpha value is -3.28. The monoisotopic (exact) mass is 395 g/mol. The summed E-state index contributed by atoms with van der Waals surface area (Å²) in [6.07, 6.45) is 1.63. The van der Waals surface area contributed by atoms with Crippen molar-refractivity contribution in [2.24, 2.45) is 0 Å². The molecule has 152 valence electrons. The Morgan fingerprint density at radius 2 is 1.72 bits per heavy atom. The topological polar surface area (TPSA) is 76.1 Å². The van der Waals surface area contributed by atoms with Crippen LogP contribution < -0.4 is 9.47 Å². The number of carbonyl (C=O) groups excluding carboxylic acids is 2. The number of likely N-dealkylation sites (tertiary alicyclic amines) is 1. The summed E-state index contributed by atoms with van der Waals surface area (Å²) < 4.78 is 10.7. The fourth-order valence-corrected chi connectivity index (χ4v) is 3.56. The van der Waals surface area contributed by atoms with Crippen molar-refractivity contribution < 1.29 is 24.2 Å². The Labute approximate surface area is 170 Å². The van der Waals surface area contributed by atoms with Gasteiger partial charge >= 0.3 is 0 Å². The van der Waals surface area contributed by atoms with Gasteiger partial charge in [0.25, 0.3) is 11.7 Å². The highest BCUT2D eigenvalue weighted by molar-refractivity contribution is 6.46. The third-order valence-corrected chi connectivity index (χ3v) is 5.06. The lowest BCUT2D eigenvalue weighted by atomic mass is 9.95. The van der Waals surface area contributed by atoms with Crippen molar-refractivity contribution in [1.29, 1.82) is 0 Å². The predicted molar refractivity (Wildman–Crippen MR) is 110 cm³/mol. The van der Waals surface area contributed by atoms with E-state index in [-0.39, 0.29) is 11.3 Å². The highest BCUT2D eigenvalue weighted by atomic mass is 16.5. The van der Waals surface area contributed by atoms with Crippen LogP contribution >= 0.6 is 0 Å². The number of nitrogens with zero attached hydrogens (tertiary/aromatic N) is 1. The van der Waals surface area contributed by atoms with Crippen LogP contribution in [0.25, 0.3) is 5.76 Å². The molecule has 1 aliphatic heterocycles. The Balaban J connectivity index is 2.18. The van der Waals surface area contributed by atoms with Gasteiger partial charge in [-0.2, -0.15) is 0 Å². The van der Waals surface area contributed by atoms with Crippen LogP contribution in [0.5, 0.6) is 11.5 Å². The minimum atomic E-state index is -0.693. The summed E-state index contributed by atoms with van der Waals surface area (Å²) in [5.41, 5.74) is 1.26. The van der Waals surface area contributed by atoms with E-state index in [0.717, 1.165) is 12.8 Å². The first-order valence-electron chi connectivity index (χ1n) is 9.59.